The summed E-state index contributed by atoms with van der Waals surface area (Å²) < 4.78 is 5.24. The Kier molecular flexibility index (Phi) is 5.68. The van der Waals surface area contributed by atoms with Crippen LogP contribution in [0, 0.1) is 13.8 Å². The normalized spacial score (nSPS) is 15.1. The molecule has 0 atom stereocenters. The Morgan fingerprint density at radius 1 is 1.15 bits per heavy atom. The second kappa shape index (κ2) is 8.14. The van der Waals surface area contributed by atoms with Gasteiger partial charge in [0.15, 0.2) is 5.76 Å². The van der Waals surface area contributed by atoms with Crippen molar-refractivity contribution in [2.45, 2.75) is 20.4 Å². The average Bonchev–Trinajstić information content (AvgIpc) is 3.04. The monoisotopic (exact) mass is 356 g/mol. The highest BCUT2D eigenvalue weighted by Crippen LogP contribution is 2.10. The number of hydrogen-bond acceptors (Lipinski definition) is 5. The van der Waals surface area contributed by atoms with E-state index in [-0.39, 0.29) is 18.4 Å². The molecule has 0 bridgehead atoms. The summed E-state index contributed by atoms with van der Waals surface area (Å²) >= 11 is 0. The molecule has 1 saturated heterocycles. The summed E-state index contributed by atoms with van der Waals surface area (Å²) in [5, 5.41) is 6.60. The summed E-state index contributed by atoms with van der Waals surface area (Å²) in [5.41, 5.74) is 2.46. The molecule has 7 heteroatoms. The molecule has 2 aromatic rings. The Labute approximate surface area is 152 Å². The van der Waals surface area contributed by atoms with E-state index in [0.29, 0.717) is 25.2 Å². The van der Waals surface area contributed by atoms with Gasteiger partial charge in [-0.2, -0.15) is 0 Å². The summed E-state index contributed by atoms with van der Waals surface area (Å²) in [6, 6.07) is 9.25. The molecule has 0 saturated carbocycles. The average molecular weight is 356 g/mol. The Balaban J connectivity index is 1.42. The number of benzene rings is 1. The second-order valence-corrected chi connectivity index (χ2v) is 6.64. The molecule has 1 aromatic heterocycles. The molecule has 0 spiro atoms. The summed E-state index contributed by atoms with van der Waals surface area (Å²) in [5.74, 6) is 0.565. The molecule has 1 fully saturated rings. The Hall–Kier alpha value is -2.67. The summed E-state index contributed by atoms with van der Waals surface area (Å²) in [4.78, 5) is 28.5. The lowest BCUT2D eigenvalue weighted by Crippen LogP contribution is -2.50. The standard InChI is InChI=1S/C19H24N4O3/c1-14-4-3-5-16(10-14)19(25)20-12-18(24)23-8-6-22(7-9-23)13-17-11-15(2)21-26-17/h3-5,10-11H,6-9,12-13H2,1-2H3,(H,20,25). The minimum absolute atomic E-state index is 0.0219. The maximum absolute atomic E-state index is 12.3. The first kappa shape index (κ1) is 18.1. The lowest BCUT2D eigenvalue weighted by Gasteiger charge is -2.34. The molecule has 2 amide bonds. The largest absolute Gasteiger partial charge is 0.360 e. The summed E-state index contributed by atoms with van der Waals surface area (Å²) in [6.07, 6.45) is 0. The molecular weight excluding hydrogens is 332 g/mol. The topological polar surface area (TPSA) is 78.7 Å². The number of piperazine rings is 1. The molecule has 3 rings (SSSR count). The molecular formula is C19H24N4O3. The van der Waals surface area contributed by atoms with Gasteiger partial charge in [0.25, 0.3) is 5.91 Å². The van der Waals surface area contributed by atoms with Crippen molar-refractivity contribution in [1.29, 1.82) is 0 Å². The Bertz CT molecular complexity index is 779. The molecule has 1 aliphatic rings. The molecule has 0 unspecified atom stereocenters. The van der Waals surface area contributed by atoms with Crippen molar-refractivity contribution in [3.05, 3.63) is 52.9 Å². The van der Waals surface area contributed by atoms with Gasteiger partial charge in [0, 0.05) is 37.8 Å². The highest BCUT2D eigenvalue weighted by molar-refractivity contribution is 5.96. The number of aromatic nitrogens is 1. The van der Waals surface area contributed by atoms with Crippen molar-refractivity contribution >= 4 is 11.8 Å². The van der Waals surface area contributed by atoms with Crippen molar-refractivity contribution in [1.82, 2.24) is 20.3 Å². The van der Waals surface area contributed by atoms with Crippen LogP contribution in [0.4, 0.5) is 0 Å². The second-order valence-electron chi connectivity index (χ2n) is 6.64. The van der Waals surface area contributed by atoms with Gasteiger partial charge >= 0.3 is 0 Å². The van der Waals surface area contributed by atoms with Gasteiger partial charge in [-0.05, 0) is 26.0 Å². The molecule has 1 aromatic carbocycles. The number of nitrogens with zero attached hydrogens (tertiary/aromatic N) is 3. The van der Waals surface area contributed by atoms with Gasteiger partial charge in [-0.3, -0.25) is 14.5 Å². The fourth-order valence-corrected chi connectivity index (χ4v) is 3.02. The number of aryl methyl sites for hydroxylation is 2. The third kappa shape index (κ3) is 4.70. The predicted octanol–water partition coefficient (Wildman–Crippen LogP) is 1.37. The SMILES string of the molecule is Cc1cccc(C(=O)NCC(=O)N2CCN(Cc3cc(C)no3)CC2)c1. The summed E-state index contributed by atoms with van der Waals surface area (Å²) in [6.45, 7) is 7.39. The van der Waals surface area contributed by atoms with Crippen molar-refractivity contribution in [2.75, 3.05) is 32.7 Å². The molecule has 1 aliphatic heterocycles. The van der Waals surface area contributed by atoms with Crippen LogP contribution in [-0.2, 0) is 11.3 Å². The van der Waals surface area contributed by atoms with Crippen molar-refractivity contribution in [3.8, 4) is 0 Å². The maximum Gasteiger partial charge on any atom is 0.251 e. The van der Waals surface area contributed by atoms with Gasteiger partial charge in [0.1, 0.15) is 0 Å². The van der Waals surface area contributed by atoms with Gasteiger partial charge in [-0.25, -0.2) is 0 Å². The first-order chi connectivity index (χ1) is 12.5. The number of hydrogen-bond donors (Lipinski definition) is 1. The zero-order valence-corrected chi connectivity index (χ0v) is 15.2. The maximum atomic E-state index is 12.3. The van der Waals surface area contributed by atoms with E-state index in [1.54, 1.807) is 11.0 Å². The van der Waals surface area contributed by atoms with Gasteiger partial charge < -0.3 is 14.7 Å². The van der Waals surface area contributed by atoms with Crippen LogP contribution in [0.25, 0.3) is 0 Å². The lowest BCUT2D eigenvalue weighted by molar-refractivity contribution is -0.131. The zero-order chi connectivity index (χ0) is 18.5. The van der Waals surface area contributed by atoms with E-state index < -0.39 is 0 Å². The van der Waals surface area contributed by atoms with E-state index in [0.717, 1.165) is 30.1 Å². The number of nitrogens with one attached hydrogen (secondary N) is 1. The van der Waals surface area contributed by atoms with E-state index in [1.807, 2.05) is 38.1 Å². The van der Waals surface area contributed by atoms with Crippen LogP contribution in [-0.4, -0.2) is 59.5 Å². The Morgan fingerprint density at radius 3 is 2.58 bits per heavy atom. The van der Waals surface area contributed by atoms with Crippen molar-refractivity contribution in [3.63, 3.8) is 0 Å². The molecule has 7 nitrogen and oxygen atoms in total. The van der Waals surface area contributed by atoms with Crippen LogP contribution in [0.2, 0.25) is 0 Å². The highest BCUT2D eigenvalue weighted by Gasteiger charge is 2.22. The van der Waals surface area contributed by atoms with E-state index in [1.165, 1.54) is 0 Å². The fourth-order valence-electron chi connectivity index (χ4n) is 3.02. The van der Waals surface area contributed by atoms with E-state index >= 15 is 0 Å². The van der Waals surface area contributed by atoms with Crippen LogP contribution in [0.15, 0.2) is 34.9 Å². The van der Waals surface area contributed by atoms with E-state index in [2.05, 4.69) is 15.4 Å². The lowest BCUT2D eigenvalue weighted by atomic mass is 10.1. The number of carbonyl (C=O) groups excluding carboxylic acids is 2. The van der Waals surface area contributed by atoms with Crippen molar-refractivity contribution in [2.24, 2.45) is 0 Å². The van der Waals surface area contributed by atoms with E-state index in [4.69, 9.17) is 4.52 Å². The zero-order valence-electron chi connectivity index (χ0n) is 15.2. The molecule has 0 aliphatic carbocycles. The van der Waals surface area contributed by atoms with Crippen LogP contribution in [0.3, 0.4) is 0 Å². The molecule has 26 heavy (non-hydrogen) atoms. The van der Waals surface area contributed by atoms with Crippen LogP contribution < -0.4 is 5.32 Å². The molecule has 2 heterocycles. The minimum Gasteiger partial charge on any atom is -0.360 e. The number of carbonyl (C=O) groups is 2. The molecule has 138 valence electrons. The first-order valence-corrected chi connectivity index (χ1v) is 8.78. The smallest absolute Gasteiger partial charge is 0.251 e. The summed E-state index contributed by atoms with van der Waals surface area (Å²) in [7, 11) is 0. The first-order valence-electron chi connectivity index (χ1n) is 8.78. The quantitative estimate of drug-likeness (QED) is 0.875. The molecule has 0 radical (unpaired) electrons. The highest BCUT2D eigenvalue weighted by atomic mass is 16.5. The van der Waals surface area contributed by atoms with E-state index in [9.17, 15) is 9.59 Å². The Morgan fingerprint density at radius 2 is 1.92 bits per heavy atom. The third-order valence-corrected chi connectivity index (χ3v) is 4.46. The van der Waals surface area contributed by atoms with Crippen LogP contribution >= 0.6 is 0 Å². The predicted molar refractivity (Wildman–Crippen MR) is 96.6 cm³/mol. The van der Waals surface area contributed by atoms with Gasteiger partial charge in [0.2, 0.25) is 5.91 Å². The van der Waals surface area contributed by atoms with Gasteiger partial charge in [-0.15, -0.1) is 0 Å². The minimum atomic E-state index is -0.221. The van der Waals surface area contributed by atoms with Crippen molar-refractivity contribution < 1.29 is 14.1 Å². The number of rotatable bonds is 5. The third-order valence-electron chi connectivity index (χ3n) is 4.46. The number of amides is 2. The molecule has 1 N–H and O–H groups in total. The van der Waals surface area contributed by atoms with Crippen LogP contribution in [0.5, 0.6) is 0 Å². The van der Waals surface area contributed by atoms with Gasteiger partial charge in [-0.1, -0.05) is 22.9 Å². The van der Waals surface area contributed by atoms with Gasteiger partial charge in [0.05, 0.1) is 18.8 Å². The fraction of sp³-hybridized carbons (Fsp3) is 0.421. The van der Waals surface area contributed by atoms with Crippen LogP contribution in [0.1, 0.15) is 27.4 Å².